The van der Waals surface area contributed by atoms with E-state index in [0.29, 0.717) is 5.71 Å². The van der Waals surface area contributed by atoms with E-state index in [1.54, 1.807) is 0 Å². The number of nitrogens with zero attached hydrogens (tertiary/aromatic N) is 3. The second kappa shape index (κ2) is 6.52. The van der Waals surface area contributed by atoms with Crippen LogP contribution in [0.4, 0.5) is 5.82 Å². The molecule has 1 N–H and O–H groups in total. The van der Waals surface area contributed by atoms with Crippen LogP contribution in [-0.4, -0.2) is 42.2 Å². The molecular formula is C22H19N3O2. The van der Waals surface area contributed by atoms with Gasteiger partial charge in [-0.3, -0.25) is 0 Å². The van der Waals surface area contributed by atoms with Crippen molar-refractivity contribution in [3.63, 3.8) is 0 Å². The fourth-order valence-electron chi connectivity index (χ4n) is 3.97. The Morgan fingerprint density at radius 3 is 2.33 bits per heavy atom. The number of benzene rings is 2. The van der Waals surface area contributed by atoms with Crippen molar-refractivity contribution in [1.82, 2.24) is 4.98 Å². The smallest absolute Gasteiger partial charge is 0.128 e. The molecule has 0 amide bonds. The third-order valence-corrected chi connectivity index (χ3v) is 5.27. The van der Waals surface area contributed by atoms with Gasteiger partial charge in [-0.15, -0.1) is 0 Å². The lowest BCUT2D eigenvalue weighted by Gasteiger charge is -2.27. The Balaban J connectivity index is 1.59. The summed E-state index contributed by atoms with van der Waals surface area (Å²) < 4.78 is 5.42. The second-order valence-corrected chi connectivity index (χ2v) is 6.73. The van der Waals surface area contributed by atoms with Gasteiger partial charge < -0.3 is 14.8 Å². The van der Waals surface area contributed by atoms with E-state index in [0.717, 1.165) is 65.5 Å². The largest absolute Gasteiger partial charge is 0.410 e. The molecule has 1 aliphatic carbocycles. The maximum Gasteiger partial charge on any atom is 0.128 e. The number of anilines is 1. The minimum atomic E-state index is 0.625. The molecule has 2 aromatic carbocycles. The first-order valence-corrected chi connectivity index (χ1v) is 9.11. The Hall–Kier alpha value is -3.18. The molecule has 1 aromatic heterocycles. The molecule has 1 saturated heterocycles. The van der Waals surface area contributed by atoms with Crippen LogP contribution in [-0.2, 0) is 4.74 Å². The average molecular weight is 357 g/mol. The molecule has 5 nitrogen and oxygen atoms in total. The third-order valence-electron chi connectivity index (χ3n) is 5.27. The molecule has 134 valence electrons. The van der Waals surface area contributed by atoms with Gasteiger partial charge in [-0.05, 0) is 28.8 Å². The zero-order valence-electron chi connectivity index (χ0n) is 14.8. The van der Waals surface area contributed by atoms with Gasteiger partial charge in [0.15, 0.2) is 0 Å². The van der Waals surface area contributed by atoms with Crippen molar-refractivity contribution in [3.05, 3.63) is 71.9 Å². The molecule has 0 atom stereocenters. The fourth-order valence-corrected chi connectivity index (χ4v) is 3.97. The number of pyridine rings is 1. The van der Waals surface area contributed by atoms with E-state index in [2.05, 4.69) is 34.3 Å². The van der Waals surface area contributed by atoms with Crippen molar-refractivity contribution in [1.29, 1.82) is 0 Å². The maximum atomic E-state index is 9.56. The van der Waals surface area contributed by atoms with Crippen LogP contribution in [0.3, 0.4) is 0 Å². The molecule has 5 rings (SSSR count). The number of fused-ring (bicyclic) bond motifs is 3. The number of oxime groups is 1. The van der Waals surface area contributed by atoms with Crippen LogP contribution in [0.5, 0.6) is 0 Å². The van der Waals surface area contributed by atoms with Crippen LogP contribution in [0.2, 0.25) is 0 Å². The van der Waals surface area contributed by atoms with Crippen molar-refractivity contribution >= 4 is 11.5 Å². The first-order valence-electron chi connectivity index (χ1n) is 9.11. The van der Waals surface area contributed by atoms with Gasteiger partial charge in [0.25, 0.3) is 0 Å². The molecule has 0 radical (unpaired) electrons. The Kier molecular flexibility index (Phi) is 3.87. The lowest BCUT2D eigenvalue weighted by atomic mass is 9.95. The topological polar surface area (TPSA) is 58.0 Å². The molecule has 3 aromatic rings. The zero-order valence-corrected chi connectivity index (χ0v) is 14.8. The average Bonchev–Trinajstić information content (AvgIpc) is 3.08. The quantitative estimate of drug-likeness (QED) is 0.438. The molecule has 2 heterocycles. The van der Waals surface area contributed by atoms with Gasteiger partial charge in [-0.2, -0.15) is 0 Å². The summed E-state index contributed by atoms with van der Waals surface area (Å²) in [4.78, 5) is 6.93. The number of ether oxygens (including phenoxy) is 1. The Labute approximate surface area is 157 Å². The molecule has 1 fully saturated rings. The maximum absolute atomic E-state index is 9.56. The molecule has 0 unspecified atom stereocenters. The predicted molar refractivity (Wildman–Crippen MR) is 106 cm³/mol. The highest BCUT2D eigenvalue weighted by molar-refractivity contribution is 6.26. The van der Waals surface area contributed by atoms with E-state index < -0.39 is 0 Å². The van der Waals surface area contributed by atoms with Crippen molar-refractivity contribution in [2.24, 2.45) is 5.16 Å². The number of hydrogen-bond acceptors (Lipinski definition) is 5. The molecule has 2 aliphatic rings. The summed E-state index contributed by atoms with van der Waals surface area (Å²) in [6.45, 7) is 3.24. The lowest BCUT2D eigenvalue weighted by molar-refractivity contribution is 0.122. The van der Waals surface area contributed by atoms with Crippen LogP contribution >= 0.6 is 0 Å². The number of aromatic nitrogens is 1. The summed E-state index contributed by atoms with van der Waals surface area (Å²) in [5.74, 6) is 0.979. The predicted octanol–water partition coefficient (Wildman–Crippen LogP) is 3.79. The standard InChI is InChI=1S/C22H19N3O2/c26-24-22-18-5-2-1-4-17(18)21-16(6-3-7-19(21)22)15-8-9-20(23-14-15)25-10-12-27-13-11-25/h1-9,14,26H,10-13H2. The van der Waals surface area contributed by atoms with Crippen LogP contribution in [0.1, 0.15) is 11.1 Å². The van der Waals surface area contributed by atoms with E-state index in [-0.39, 0.29) is 0 Å². The van der Waals surface area contributed by atoms with Crippen molar-refractivity contribution in [3.8, 4) is 22.3 Å². The van der Waals surface area contributed by atoms with Gasteiger partial charge in [-0.25, -0.2) is 4.98 Å². The monoisotopic (exact) mass is 357 g/mol. The Morgan fingerprint density at radius 1 is 0.852 bits per heavy atom. The number of hydrogen-bond donors (Lipinski definition) is 1. The fraction of sp³-hybridized carbons (Fsp3) is 0.182. The lowest BCUT2D eigenvalue weighted by Crippen LogP contribution is -2.36. The van der Waals surface area contributed by atoms with Crippen LogP contribution in [0, 0.1) is 0 Å². The van der Waals surface area contributed by atoms with E-state index >= 15 is 0 Å². The number of morpholine rings is 1. The van der Waals surface area contributed by atoms with Gasteiger partial charge in [-0.1, -0.05) is 47.6 Å². The van der Waals surface area contributed by atoms with Gasteiger partial charge in [0.1, 0.15) is 11.5 Å². The van der Waals surface area contributed by atoms with Crippen LogP contribution in [0.25, 0.3) is 22.3 Å². The van der Waals surface area contributed by atoms with Crippen LogP contribution < -0.4 is 4.90 Å². The summed E-state index contributed by atoms with van der Waals surface area (Å²) in [6, 6.07) is 18.3. The third kappa shape index (κ3) is 2.59. The first kappa shape index (κ1) is 16.0. The minimum absolute atomic E-state index is 0.625. The molecule has 0 spiro atoms. The van der Waals surface area contributed by atoms with Gasteiger partial charge >= 0.3 is 0 Å². The van der Waals surface area contributed by atoms with E-state index in [1.165, 1.54) is 0 Å². The Bertz CT molecular complexity index is 1020. The molecule has 0 saturated carbocycles. The van der Waals surface area contributed by atoms with Crippen molar-refractivity contribution < 1.29 is 9.94 Å². The normalized spacial score (nSPS) is 17.0. The van der Waals surface area contributed by atoms with E-state index in [4.69, 9.17) is 9.72 Å². The first-order chi connectivity index (χ1) is 13.4. The van der Waals surface area contributed by atoms with Gasteiger partial charge in [0.2, 0.25) is 0 Å². The Morgan fingerprint density at radius 2 is 1.59 bits per heavy atom. The molecule has 5 heteroatoms. The SMILES string of the molecule is ON=C1c2ccccc2-c2c1cccc2-c1ccc(N2CCOCC2)nc1. The summed E-state index contributed by atoms with van der Waals surface area (Å²) in [5.41, 5.74) is 6.88. The highest BCUT2D eigenvalue weighted by Crippen LogP contribution is 2.43. The van der Waals surface area contributed by atoms with Crippen LogP contribution in [0.15, 0.2) is 65.9 Å². The van der Waals surface area contributed by atoms with E-state index in [1.807, 2.05) is 36.5 Å². The highest BCUT2D eigenvalue weighted by Gasteiger charge is 2.27. The summed E-state index contributed by atoms with van der Waals surface area (Å²) >= 11 is 0. The van der Waals surface area contributed by atoms with E-state index in [9.17, 15) is 5.21 Å². The summed E-state index contributed by atoms with van der Waals surface area (Å²) in [6.07, 6.45) is 1.93. The highest BCUT2D eigenvalue weighted by atomic mass is 16.5. The molecule has 1 aliphatic heterocycles. The summed E-state index contributed by atoms with van der Waals surface area (Å²) in [7, 11) is 0. The van der Waals surface area contributed by atoms with Gasteiger partial charge in [0.05, 0.1) is 13.2 Å². The minimum Gasteiger partial charge on any atom is -0.410 e. The second-order valence-electron chi connectivity index (χ2n) is 6.73. The van der Waals surface area contributed by atoms with Gasteiger partial charge in [0, 0.05) is 36.0 Å². The number of rotatable bonds is 2. The molecular weight excluding hydrogens is 338 g/mol. The summed E-state index contributed by atoms with van der Waals surface area (Å²) in [5, 5.41) is 13.1. The zero-order chi connectivity index (χ0) is 18.2. The molecule has 27 heavy (non-hydrogen) atoms. The van der Waals surface area contributed by atoms with Crippen molar-refractivity contribution in [2.75, 3.05) is 31.2 Å². The van der Waals surface area contributed by atoms with Crippen molar-refractivity contribution in [2.45, 2.75) is 0 Å². The molecule has 0 bridgehead atoms.